The zero-order valence-electron chi connectivity index (χ0n) is 16.2. The highest BCUT2D eigenvalue weighted by Crippen LogP contribution is 2.23. The third kappa shape index (κ3) is 5.08. The van der Waals surface area contributed by atoms with E-state index in [-0.39, 0.29) is 12.4 Å². The molecule has 0 bridgehead atoms. The van der Waals surface area contributed by atoms with Crippen molar-refractivity contribution in [3.05, 3.63) is 75.0 Å². The predicted molar refractivity (Wildman–Crippen MR) is 111 cm³/mol. The molecule has 0 aliphatic carbocycles. The van der Waals surface area contributed by atoms with Crippen molar-refractivity contribution in [2.45, 2.75) is 13.5 Å². The topological polar surface area (TPSA) is 95.3 Å². The first-order chi connectivity index (χ1) is 14.4. The molecular weight excluding hydrogens is 431 g/mol. The minimum Gasteiger partial charge on any atom is -0.473 e. The monoisotopic (exact) mass is 448 g/mol. The number of amides is 1. The van der Waals surface area contributed by atoms with Crippen LogP contribution < -0.4 is 10.1 Å². The number of aromatic nitrogens is 3. The number of hydrogen-bond acceptors (Lipinski definition) is 6. The van der Waals surface area contributed by atoms with E-state index in [0.717, 1.165) is 5.56 Å². The van der Waals surface area contributed by atoms with Crippen molar-refractivity contribution in [1.82, 2.24) is 20.3 Å². The summed E-state index contributed by atoms with van der Waals surface area (Å²) in [7, 11) is 1.30. The van der Waals surface area contributed by atoms with Gasteiger partial charge < -0.3 is 14.8 Å². The third-order valence-corrected chi connectivity index (χ3v) is 4.98. The summed E-state index contributed by atoms with van der Waals surface area (Å²) in [6.45, 7) is 2.02. The van der Waals surface area contributed by atoms with Crippen molar-refractivity contribution < 1.29 is 19.1 Å². The van der Waals surface area contributed by atoms with Crippen LogP contribution in [0.15, 0.2) is 42.5 Å². The molecule has 3 rings (SSSR count). The predicted octanol–water partition coefficient (Wildman–Crippen LogP) is 3.49. The average molecular weight is 449 g/mol. The van der Waals surface area contributed by atoms with Gasteiger partial charge in [0.2, 0.25) is 0 Å². The molecule has 156 valence electrons. The van der Waals surface area contributed by atoms with Crippen LogP contribution in [0.1, 0.15) is 32.1 Å². The van der Waals surface area contributed by atoms with Crippen LogP contribution >= 0.6 is 23.2 Å². The van der Waals surface area contributed by atoms with Gasteiger partial charge in [-0.3, -0.25) is 4.79 Å². The summed E-state index contributed by atoms with van der Waals surface area (Å²) in [6.07, 6.45) is 0. The standard InChI is InChI=1S/C20H18Cl2N4O4/c1-12-18(24-25-26(12)10-13-6-7-16(21)17(22)8-13)19(27)23-11-30-15-5-3-4-14(9-15)20(28)29-2/h3-9H,10-11H2,1-2H3,(H,23,27). The van der Waals surface area contributed by atoms with Gasteiger partial charge in [0.05, 0.1) is 35.0 Å². The molecule has 0 aliphatic rings. The van der Waals surface area contributed by atoms with Crippen molar-refractivity contribution in [3.8, 4) is 5.75 Å². The zero-order chi connectivity index (χ0) is 21.7. The van der Waals surface area contributed by atoms with Crippen LogP contribution in [0, 0.1) is 6.92 Å². The molecule has 1 aromatic heterocycles. The number of esters is 1. The number of nitrogens with zero attached hydrogens (tertiary/aromatic N) is 3. The summed E-state index contributed by atoms with van der Waals surface area (Å²) in [5.74, 6) is -0.492. The second-order valence-electron chi connectivity index (χ2n) is 6.24. The number of benzene rings is 2. The van der Waals surface area contributed by atoms with Gasteiger partial charge >= 0.3 is 5.97 Å². The molecule has 10 heteroatoms. The molecule has 0 saturated carbocycles. The number of carbonyl (C=O) groups excluding carboxylic acids is 2. The van der Waals surface area contributed by atoms with Crippen molar-refractivity contribution >= 4 is 35.1 Å². The molecule has 0 saturated heterocycles. The Morgan fingerprint density at radius 1 is 1.13 bits per heavy atom. The smallest absolute Gasteiger partial charge is 0.337 e. The van der Waals surface area contributed by atoms with Crippen LogP contribution in [0.3, 0.4) is 0 Å². The molecule has 0 spiro atoms. The van der Waals surface area contributed by atoms with Gasteiger partial charge in [-0.1, -0.05) is 40.5 Å². The maximum atomic E-state index is 12.4. The Kier molecular flexibility index (Phi) is 6.91. The number of nitrogens with one attached hydrogen (secondary N) is 1. The number of rotatable bonds is 7. The van der Waals surface area contributed by atoms with Crippen LogP contribution in [0.4, 0.5) is 0 Å². The Bertz CT molecular complexity index is 1080. The molecule has 1 heterocycles. The first-order valence-corrected chi connectivity index (χ1v) is 9.58. The van der Waals surface area contributed by atoms with Gasteiger partial charge in [0.25, 0.3) is 5.91 Å². The fraction of sp³-hybridized carbons (Fsp3) is 0.200. The molecule has 30 heavy (non-hydrogen) atoms. The fourth-order valence-corrected chi connectivity index (χ4v) is 2.95. The lowest BCUT2D eigenvalue weighted by atomic mass is 10.2. The normalized spacial score (nSPS) is 10.5. The highest BCUT2D eigenvalue weighted by Gasteiger charge is 2.17. The highest BCUT2D eigenvalue weighted by atomic mass is 35.5. The number of methoxy groups -OCH3 is 1. The molecule has 1 N–H and O–H groups in total. The van der Waals surface area contributed by atoms with Gasteiger partial charge in [-0.2, -0.15) is 0 Å². The molecule has 0 fully saturated rings. The van der Waals surface area contributed by atoms with E-state index < -0.39 is 11.9 Å². The number of ether oxygens (including phenoxy) is 2. The van der Waals surface area contributed by atoms with E-state index in [9.17, 15) is 9.59 Å². The van der Waals surface area contributed by atoms with Crippen LogP contribution in [0.2, 0.25) is 10.0 Å². The second-order valence-corrected chi connectivity index (χ2v) is 7.06. The Balaban J connectivity index is 1.60. The van der Waals surface area contributed by atoms with Gasteiger partial charge in [0.15, 0.2) is 12.4 Å². The Morgan fingerprint density at radius 3 is 2.67 bits per heavy atom. The van der Waals surface area contributed by atoms with E-state index >= 15 is 0 Å². The quantitative estimate of drug-likeness (QED) is 0.438. The first kappa shape index (κ1) is 21.6. The molecule has 8 nitrogen and oxygen atoms in total. The van der Waals surface area contributed by atoms with E-state index in [1.165, 1.54) is 13.2 Å². The van der Waals surface area contributed by atoms with E-state index in [0.29, 0.717) is 33.6 Å². The summed E-state index contributed by atoms with van der Waals surface area (Å²) in [5, 5.41) is 11.5. The minimum atomic E-state index is -0.473. The van der Waals surface area contributed by atoms with Crippen LogP contribution in [-0.2, 0) is 11.3 Å². The van der Waals surface area contributed by atoms with Crippen LogP contribution in [0.25, 0.3) is 0 Å². The molecule has 3 aromatic rings. The molecule has 0 atom stereocenters. The summed E-state index contributed by atoms with van der Waals surface area (Å²) in [6, 6.07) is 11.7. The maximum Gasteiger partial charge on any atom is 0.337 e. The van der Waals surface area contributed by atoms with Crippen molar-refractivity contribution in [1.29, 1.82) is 0 Å². The highest BCUT2D eigenvalue weighted by molar-refractivity contribution is 6.42. The largest absolute Gasteiger partial charge is 0.473 e. The Morgan fingerprint density at radius 2 is 1.93 bits per heavy atom. The minimum absolute atomic E-state index is 0.109. The third-order valence-electron chi connectivity index (χ3n) is 4.24. The molecule has 0 aliphatic heterocycles. The number of hydrogen-bond donors (Lipinski definition) is 1. The van der Waals surface area contributed by atoms with Gasteiger partial charge in [0, 0.05) is 0 Å². The molecule has 0 radical (unpaired) electrons. The molecule has 1 amide bonds. The van der Waals surface area contributed by atoms with Crippen molar-refractivity contribution in [3.63, 3.8) is 0 Å². The van der Waals surface area contributed by atoms with Gasteiger partial charge in [-0.25, -0.2) is 9.48 Å². The van der Waals surface area contributed by atoms with Gasteiger partial charge in [-0.05, 0) is 42.8 Å². The van der Waals surface area contributed by atoms with E-state index in [1.807, 2.05) is 6.07 Å². The summed E-state index contributed by atoms with van der Waals surface area (Å²) >= 11 is 12.0. The van der Waals surface area contributed by atoms with Gasteiger partial charge in [-0.15, -0.1) is 5.10 Å². The first-order valence-electron chi connectivity index (χ1n) is 8.82. The molecule has 2 aromatic carbocycles. The van der Waals surface area contributed by atoms with E-state index in [4.69, 9.17) is 27.9 Å². The molecule has 0 unspecified atom stereocenters. The van der Waals surface area contributed by atoms with Gasteiger partial charge in [0.1, 0.15) is 5.75 Å². The Hall–Kier alpha value is -3.10. The van der Waals surface area contributed by atoms with E-state index in [2.05, 4.69) is 20.4 Å². The summed E-state index contributed by atoms with van der Waals surface area (Å²) < 4.78 is 11.7. The summed E-state index contributed by atoms with van der Waals surface area (Å²) in [5.41, 5.74) is 1.99. The van der Waals surface area contributed by atoms with Crippen LogP contribution in [-0.4, -0.2) is 40.7 Å². The average Bonchev–Trinajstić information content (AvgIpc) is 3.10. The van der Waals surface area contributed by atoms with Crippen molar-refractivity contribution in [2.24, 2.45) is 0 Å². The molecular formula is C20H18Cl2N4O4. The number of carbonyl (C=O) groups is 2. The summed E-state index contributed by atoms with van der Waals surface area (Å²) in [4.78, 5) is 24.0. The zero-order valence-corrected chi connectivity index (χ0v) is 17.7. The lowest BCUT2D eigenvalue weighted by molar-refractivity contribution is 0.0599. The second kappa shape index (κ2) is 9.60. The lowest BCUT2D eigenvalue weighted by Gasteiger charge is -2.09. The SMILES string of the molecule is COC(=O)c1cccc(OCNC(=O)c2nnn(Cc3ccc(Cl)c(Cl)c3)c2C)c1. The van der Waals surface area contributed by atoms with Crippen LogP contribution in [0.5, 0.6) is 5.75 Å². The maximum absolute atomic E-state index is 12.4. The lowest BCUT2D eigenvalue weighted by Crippen LogP contribution is -2.28. The van der Waals surface area contributed by atoms with Crippen molar-refractivity contribution in [2.75, 3.05) is 13.8 Å². The fourth-order valence-electron chi connectivity index (χ4n) is 2.63. The number of halogens is 2. The Labute approximate surface area is 182 Å². The van der Waals surface area contributed by atoms with E-state index in [1.54, 1.807) is 41.9 Å².